The summed E-state index contributed by atoms with van der Waals surface area (Å²) in [7, 11) is 0. The van der Waals surface area contributed by atoms with Gasteiger partial charge in [0.25, 0.3) is 0 Å². The minimum Gasteiger partial charge on any atom is -0.446 e. The van der Waals surface area contributed by atoms with Crippen LogP contribution in [0.25, 0.3) is 0 Å². The van der Waals surface area contributed by atoms with E-state index in [4.69, 9.17) is 22.1 Å². The molecule has 5 heteroatoms. The van der Waals surface area contributed by atoms with Gasteiger partial charge in [0.2, 0.25) is 0 Å². The number of rotatable bonds is 3. The summed E-state index contributed by atoms with van der Waals surface area (Å²) < 4.78 is 5.30. The summed E-state index contributed by atoms with van der Waals surface area (Å²) in [5, 5.41) is 0.557. The molecule has 0 spiro atoms. The number of hydrogen-bond acceptors (Lipinski definition) is 3. The minimum atomic E-state index is -0.345. The molecule has 17 heavy (non-hydrogen) atoms. The first-order valence-electron chi connectivity index (χ1n) is 5.65. The normalized spacial score (nSPS) is 20.2. The van der Waals surface area contributed by atoms with Gasteiger partial charge in [0, 0.05) is 13.0 Å². The second kappa shape index (κ2) is 5.38. The van der Waals surface area contributed by atoms with Crippen LogP contribution in [0.3, 0.4) is 0 Å². The number of halogens is 1. The van der Waals surface area contributed by atoms with Crippen molar-refractivity contribution in [3.05, 3.63) is 29.3 Å². The topological polar surface area (TPSA) is 55.6 Å². The minimum absolute atomic E-state index is 0.0637. The number of benzene rings is 1. The van der Waals surface area contributed by atoms with Crippen molar-refractivity contribution >= 4 is 23.4 Å². The zero-order chi connectivity index (χ0) is 12.3. The monoisotopic (exact) mass is 254 g/mol. The summed E-state index contributed by atoms with van der Waals surface area (Å²) in [5.74, 6) is 0. The Labute approximate surface area is 105 Å². The number of nitrogens with two attached hydrogens (primary N) is 1. The van der Waals surface area contributed by atoms with Crippen molar-refractivity contribution in [1.82, 2.24) is 0 Å². The summed E-state index contributed by atoms with van der Waals surface area (Å²) in [6.45, 7) is 1.15. The Morgan fingerprint density at radius 2 is 2.24 bits per heavy atom. The fourth-order valence-electron chi connectivity index (χ4n) is 1.91. The second-order valence-electron chi connectivity index (χ2n) is 3.97. The summed E-state index contributed by atoms with van der Waals surface area (Å²) >= 11 is 6.05. The van der Waals surface area contributed by atoms with Crippen LogP contribution in [0.1, 0.15) is 12.8 Å². The third-order valence-electron chi connectivity index (χ3n) is 2.79. The molecular formula is C12H15ClN2O2. The van der Waals surface area contributed by atoms with Crippen LogP contribution < -0.4 is 10.6 Å². The molecule has 4 nitrogen and oxygen atoms in total. The highest BCUT2D eigenvalue weighted by Crippen LogP contribution is 2.28. The first-order valence-corrected chi connectivity index (χ1v) is 6.03. The fourth-order valence-corrected chi connectivity index (χ4v) is 2.15. The van der Waals surface area contributed by atoms with Crippen LogP contribution in [-0.4, -0.2) is 25.3 Å². The largest absolute Gasteiger partial charge is 0.446 e. The second-order valence-corrected chi connectivity index (χ2v) is 4.38. The molecule has 1 atom stereocenters. The van der Waals surface area contributed by atoms with Gasteiger partial charge in [0.05, 0.1) is 10.7 Å². The van der Waals surface area contributed by atoms with Gasteiger partial charge in [0.15, 0.2) is 0 Å². The predicted molar refractivity (Wildman–Crippen MR) is 67.4 cm³/mol. The van der Waals surface area contributed by atoms with E-state index in [2.05, 4.69) is 0 Å². The number of hydrogen-bond donors (Lipinski definition) is 1. The van der Waals surface area contributed by atoms with Crippen LogP contribution in [0.5, 0.6) is 0 Å². The van der Waals surface area contributed by atoms with E-state index in [1.807, 2.05) is 18.2 Å². The molecule has 1 heterocycles. The van der Waals surface area contributed by atoms with Crippen molar-refractivity contribution in [2.24, 2.45) is 5.73 Å². The van der Waals surface area contributed by atoms with Gasteiger partial charge >= 0.3 is 6.09 Å². The highest BCUT2D eigenvalue weighted by molar-refractivity contribution is 6.33. The van der Waals surface area contributed by atoms with E-state index < -0.39 is 0 Å². The number of para-hydroxylation sites is 1. The van der Waals surface area contributed by atoms with Gasteiger partial charge in [-0.25, -0.2) is 4.79 Å². The van der Waals surface area contributed by atoms with Crippen LogP contribution in [0.2, 0.25) is 5.02 Å². The standard InChI is InChI=1S/C12H15ClN2O2/c13-10-3-1-2-4-11(10)15-8-6-9(5-7-14)17-12(15)16/h1-4,9H,5-8,14H2. The molecule has 1 unspecified atom stereocenters. The van der Waals surface area contributed by atoms with E-state index in [0.717, 1.165) is 6.42 Å². The van der Waals surface area contributed by atoms with E-state index >= 15 is 0 Å². The lowest BCUT2D eigenvalue weighted by atomic mass is 10.1. The van der Waals surface area contributed by atoms with Gasteiger partial charge in [-0.05, 0) is 25.1 Å². The quantitative estimate of drug-likeness (QED) is 0.901. The zero-order valence-corrected chi connectivity index (χ0v) is 10.2. The number of carbonyl (C=O) groups excluding carboxylic acids is 1. The Kier molecular flexibility index (Phi) is 3.86. The lowest BCUT2D eigenvalue weighted by Gasteiger charge is -2.32. The summed E-state index contributed by atoms with van der Waals surface area (Å²) in [4.78, 5) is 13.4. The average molecular weight is 255 g/mol. The molecule has 1 fully saturated rings. The molecule has 92 valence electrons. The van der Waals surface area contributed by atoms with E-state index in [-0.39, 0.29) is 12.2 Å². The Morgan fingerprint density at radius 3 is 2.88 bits per heavy atom. The summed E-state index contributed by atoms with van der Waals surface area (Å²) in [6.07, 6.45) is 1.09. The van der Waals surface area contributed by atoms with Gasteiger partial charge in [-0.15, -0.1) is 0 Å². The lowest BCUT2D eigenvalue weighted by molar-refractivity contribution is 0.0807. The van der Waals surface area contributed by atoms with E-state index in [1.165, 1.54) is 0 Å². The molecule has 1 aliphatic rings. The fraction of sp³-hybridized carbons (Fsp3) is 0.417. The van der Waals surface area contributed by atoms with Gasteiger partial charge in [-0.1, -0.05) is 23.7 Å². The van der Waals surface area contributed by atoms with Crippen molar-refractivity contribution in [3.8, 4) is 0 Å². The first-order chi connectivity index (χ1) is 8.22. The van der Waals surface area contributed by atoms with Gasteiger partial charge in [-0.2, -0.15) is 0 Å². The third kappa shape index (κ3) is 2.70. The number of ether oxygens (including phenoxy) is 1. The number of carbonyl (C=O) groups is 1. The molecule has 2 N–H and O–H groups in total. The SMILES string of the molecule is NCCC1CCN(c2ccccc2Cl)C(=O)O1. The van der Waals surface area contributed by atoms with Crippen LogP contribution in [0.15, 0.2) is 24.3 Å². The van der Waals surface area contributed by atoms with E-state index in [1.54, 1.807) is 11.0 Å². The zero-order valence-electron chi connectivity index (χ0n) is 9.43. The van der Waals surface area contributed by atoms with E-state index in [9.17, 15) is 4.79 Å². The van der Waals surface area contributed by atoms with Crippen LogP contribution in [-0.2, 0) is 4.74 Å². The molecule has 1 aliphatic heterocycles. The third-order valence-corrected chi connectivity index (χ3v) is 3.11. The Hall–Kier alpha value is -1.26. The molecule has 0 aromatic heterocycles. The lowest BCUT2D eigenvalue weighted by Crippen LogP contribution is -2.42. The van der Waals surface area contributed by atoms with Crippen molar-refractivity contribution in [2.75, 3.05) is 18.0 Å². The Bertz CT molecular complexity index is 411. The first kappa shape index (κ1) is 12.2. The summed E-state index contributed by atoms with van der Waals surface area (Å²) in [5.41, 5.74) is 6.15. The molecule has 0 aliphatic carbocycles. The highest BCUT2D eigenvalue weighted by Gasteiger charge is 2.28. The Morgan fingerprint density at radius 1 is 1.47 bits per heavy atom. The maximum atomic E-state index is 11.8. The maximum Gasteiger partial charge on any atom is 0.414 e. The van der Waals surface area contributed by atoms with Gasteiger partial charge in [0.1, 0.15) is 6.10 Å². The maximum absolute atomic E-state index is 11.8. The molecule has 2 rings (SSSR count). The predicted octanol–water partition coefficient (Wildman–Crippen LogP) is 2.40. The van der Waals surface area contributed by atoms with Crippen molar-refractivity contribution in [1.29, 1.82) is 0 Å². The molecule has 1 aromatic rings. The number of amides is 1. The number of nitrogens with zero attached hydrogens (tertiary/aromatic N) is 1. The van der Waals surface area contributed by atoms with Crippen LogP contribution in [0, 0.1) is 0 Å². The molecule has 0 radical (unpaired) electrons. The molecule has 1 saturated heterocycles. The molecular weight excluding hydrogens is 240 g/mol. The van der Waals surface area contributed by atoms with Crippen molar-refractivity contribution in [2.45, 2.75) is 18.9 Å². The van der Waals surface area contributed by atoms with Gasteiger partial charge < -0.3 is 10.5 Å². The van der Waals surface area contributed by atoms with E-state index in [0.29, 0.717) is 30.2 Å². The molecule has 0 bridgehead atoms. The molecule has 1 aromatic carbocycles. The van der Waals surface area contributed by atoms with Crippen LogP contribution >= 0.6 is 11.6 Å². The summed E-state index contributed by atoms with van der Waals surface area (Å²) in [6, 6.07) is 7.25. The number of anilines is 1. The Balaban J connectivity index is 2.10. The molecule has 1 amide bonds. The number of cyclic esters (lactones) is 1. The van der Waals surface area contributed by atoms with Crippen molar-refractivity contribution in [3.63, 3.8) is 0 Å². The van der Waals surface area contributed by atoms with Crippen LogP contribution in [0.4, 0.5) is 10.5 Å². The van der Waals surface area contributed by atoms with Crippen molar-refractivity contribution < 1.29 is 9.53 Å². The average Bonchev–Trinajstić information content (AvgIpc) is 2.31. The molecule has 0 saturated carbocycles. The van der Waals surface area contributed by atoms with Gasteiger partial charge in [-0.3, -0.25) is 4.90 Å². The smallest absolute Gasteiger partial charge is 0.414 e. The highest BCUT2D eigenvalue weighted by atomic mass is 35.5.